The zero-order valence-electron chi connectivity index (χ0n) is 16.8. The van der Waals surface area contributed by atoms with E-state index in [2.05, 4.69) is 15.6 Å². The van der Waals surface area contributed by atoms with Crippen molar-refractivity contribution in [2.75, 3.05) is 12.5 Å². The Hall–Kier alpha value is -3.29. The average molecular weight is 453 g/mol. The van der Waals surface area contributed by atoms with Gasteiger partial charge in [-0.3, -0.25) is 0 Å². The number of hydrogen-bond acceptors (Lipinski definition) is 5. The summed E-state index contributed by atoms with van der Waals surface area (Å²) in [6.07, 6.45) is 0. The van der Waals surface area contributed by atoms with Gasteiger partial charge in [-0.2, -0.15) is 5.10 Å². The Morgan fingerprint density at radius 3 is 2.55 bits per heavy atom. The Balaban J connectivity index is 1.56. The Bertz CT molecular complexity index is 1210. The highest BCUT2D eigenvalue weighted by Gasteiger charge is 2.13. The van der Waals surface area contributed by atoms with Gasteiger partial charge in [0.1, 0.15) is 6.61 Å². The van der Waals surface area contributed by atoms with Crippen molar-refractivity contribution in [3.05, 3.63) is 93.7 Å². The third kappa shape index (κ3) is 4.90. The maximum Gasteiger partial charge on any atom is 0.214 e. The molecule has 0 spiro atoms. The van der Waals surface area contributed by atoms with Crippen LogP contribution >= 0.6 is 23.8 Å². The second-order valence-corrected chi connectivity index (χ2v) is 7.58. The van der Waals surface area contributed by atoms with E-state index in [9.17, 15) is 0 Å². The summed E-state index contributed by atoms with van der Waals surface area (Å²) in [5, 5.41) is 7.89. The molecule has 4 aromatic rings. The minimum Gasteiger partial charge on any atom is -0.493 e. The van der Waals surface area contributed by atoms with Gasteiger partial charge in [-0.05, 0) is 36.0 Å². The maximum absolute atomic E-state index is 6.13. The molecule has 1 heterocycles. The number of hydrogen-bond donors (Lipinski definition) is 2. The summed E-state index contributed by atoms with van der Waals surface area (Å²) in [5.41, 5.74) is 6.23. The van der Waals surface area contributed by atoms with Crippen molar-refractivity contribution in [2.24, 2.45) is 0 Å². The van der Waals surface area contributed by atoms with Crippen molar-refractivity contribution < 1.29 is 9.47 Å². The molecule has 0 aliphatic heterocycles. The number of aromatic nitrogens is 3. The lowest BCUT2D eigenvalue weighted by Gasteiger charge is -2.17. The number of para-hydroxylation sites is 1. The van der Waals surface area contributed by atoms with Crippen LogP contribution in [0.3, 0.4) is 0 Å². The molecule has 0 saturated heterocycles. The third-order valence-electron chi connectivity index (χ3n) is 4.71. The monoisotopic (exact) mass is 452 g/mol. The lowest BCUT2D eigenvalue weighted by atomic mass is 10.2. The van der Waals surface area contributed by atoms with E-state index in [1.807, 2.05) is 72.8 Å². The molecule has 0 radical (unpaired) electrons. The molecule has 158 valence electrons. The smallest absolute Gasteiger partial charge is 0.214 e. The topological polar surface area (TPSA) is 64.1 Å². The summed E-state index contributed by atoms with van der Waals surface area (Å²) < 4.78 is 13.9. The molecule has 0 aliphatic rings. The molecular weight excluding hydrogens is 432 g/mol. The van der Waals surface area contributed by atoms with Crippen molar-refractivity contribution in [1.29, 1.82) is 0 Å². The van der Waals surface area contributed by atoms with Crippen LogP contribution in [0.2, 0.25) is 5.02 Å². The van der Waals surface area contributed by atoms with Gasteiger partial charge in [0.05, 0.1) is 13.7 Å². The quantitative estimate of drug-likeness (QED) is 0.341. The van der Waals surface area contributed by atoms with Gasteiger partial charge in [0.2, 0.25) is 4.77 Å². The maximum atomic E-state index is 6.13. The first-order chi connectivity index (χ1) is 15.2. The Morgan fingerprint density at radius 2 is 1.81 bits per heavy atom. The lowest BCUT2D eigenvalue weighted by Crippen LogP contribution is -2.16. The van der Waals surface area contributed by atoms with Gasteiger partial charge in [-0.1, -0.05) is 66.2 Å². The van der Waals surface area contributed by atoms with E-state index in [4.69, 9.17) is 33.3 Å². The van der Waals surface area contributed by atoms with Gasteiger partial charge < -0.3 is 14.9 Å². The molecular formula is C23H21ClN4O2S. The van der Waals surface area contributed by atoms with E-state index >= 15 is 0 Å². The highest BCUT2D eigenvalue weighted by Crippen LogP contribution is 2.32. The predicted molar refractivity (Wildman–Crippen MR) is 125 cm³/mol. The predicted octanol–water partition coefficient (Wildman–Crippen LogP) is 5.59. The van der Waals surface area contributed by atoms with E-state index in [0.717, 1.165) is 16.7 Å². The van der Waals surface area contributed by atoms with E-state index in [-0.39, 0.29) is 0 Å². The normalized spacial score (nSPS) is 10.6. The van der Waals surface area contributed by atoms with Gasteiger partial charge in [0, 0.05) is 16.1 Å². The molecule has 2 N–H and O–H groups in total. The molecule has 0 bridgehead atoms. The molecule has 0 unspecified atom stereocenters. The van der Waals surface area contributed by atoms with Crippen molar-refractivity contribution >= 4 is 23.8 Å². The second-order valence-electron chi connectivity index (χ2n) is 6.75. The molecule has 3 aromatic carbocycles. The molecule has 0 aliphatic carbocycles. The second kappa shape index (κ2) is 9.68. The van der Waals surface area contributed by atoms with E-state index < -0.39 is 0 Å². The first-order valence-electron chi connectivity index (χ1n) is 9.65. The molecule has 0 atom stereocenters. The van der Waals surface area contributed by atoms with Crippen molar-refractivity contribution in [3.8, 4) is 22.9 Å². The van der Waals surface area contributed by atoms with Crippen LogP contribution in [-0.4, -0.2) is 22.0 Å². The fourth-order valence-corrected chi connectivity index (χ4v) is 3.47. The molecule has 0 saturated carbocycles. The number of aromatic amines is 1. The van der Waals surface area contributed by atoms with Gasteiger partial charge in [-0.25, -0.2) is 9.77 Å². The molecule has 4 rings (SSSR count). The summed E-state index contributed by atoms with van der Waals surface area (Å²) >= 11 is 11.4. The Kier molecular flexibility index (Phi) is 6.54. The average Bonchev–Trinajstić information content (AvgIpc) is 3.18. The van der Waals surface area contributed by atoms with Crippen molar-refractivity contribution in [3.63, 3.8) is 0 Å². The highest BCUT2D eigenvalue weighted by molar-refractivity contribution is 7.71. The minimum atomic E-state index is 0.394. The van der Waals surface area contributed by atoms with Crippen LogP contribution in [-0.2, 0) is 13.2 Å². The van der Waals surface area contributed by atoms with Gasteiger partial charge in [-0.15, -0.1) is 0 Å². The van der Waals surface area contributed by atoms with Crippen LogP contribution in [0.15, 0.2) is 72.8 Å². The zero-order valence-corrected chi connectivity index (χ0v) is 18.4. The number of methoxy groups -OCH3 is 1. The van der Waals surface area contributed by atoms with Crippen molar-refractivity contribution in [1.82, 2.24) is 14.9 Å². The number of nitrogens with zero attached hydrogens (tertiary/aromatic N) is 2. The van der Waals surface area contributed by atoms with Crippen LogP contribution < -0.4 is 14.9 Å². The largest absolute Gasteiger partial charge is 0.493 e. The fourth-order valence-electron chi connectivity index (χ4n) is 3.15. The number of halogens is 1. The number of ether oxygens (including phenoxy) is 2. The first-order valence-corrected chi connectivity index (χ1v) is 10.4. The minimum absolute atomic E-state index is 0.394. The van der Waals surface area contributed by atoms with E-state index in [0.29, 0.717) is 40.3 Å². The van der Waals surface area contributed by atoms with Crippen molar-refractivity contribution in [2.45, 2.75) is 13.2 Å². The standard InChI is InChI=1S/C23H21ClN4O2S/c1-29-20-9-5-8-18(21(20)30-15-16-10-12-19(24)13-11-16)14-25-28-22(26-27-23(28)31)17-6-3-2-4-7-17/h2-13,25H,14-15H2,1H3,(H,27,31). The summed E-state index contributed by atoms with van der Waals surface area (Å²) in [6, 6.07) is 23.2. The molecule has 6 nitrogen and oxygen atoms in total. The van der Waals surface area contributed by atoms with Crippen LogP contribution in [0.5, 0.6) is 11.5 Å². The summed E-state index contributed by atoms with van der Waals surface area (Å²) in [4.78, 5) is 0. The summed E-state index contributed by atoms with van der Waals surface area (Å²) in [5.74, 6) is 2.04. The molecule has 0 fully saturated rings. The highest BCUT2D eigenvalue weighted by atomic mass is 35.5. The van der Waals surface area contributed by atoms with Gasteiger partial charge >= 0.3 is 0 Å². The third-order valence-corrected chi connectivity index (χ3v) is 5.23. The van der Waals surface area contributed by atoms with Crippen LogP contribution in [0, 0.1) is 4.77 Å². The number of rotatable bonds is 8. The van der Waals surface area contributed by atoms with Gasteiger partial charge in [0.15, 0.2) is 17.3 Å². The van der Waals surface area contributed by atoms with Crippen LogP contribution in [0.25, 0.3) is 11.4 Å². The molecule has 1 aromatic heterocycles. The van der Waals surface area contributed by atoms with Crippen LogP contribution in [0.4, 0.5) is 0 Å². The molecule has 0 amide bonds. The summed E-state index contributed by atoms with van der Waals surface area (Å²) in [6.45, 7) is 0.853. The van der Waals surface area contributed by atoms with Crippen LogP contribution in [0.1, 0.15) is 11.1 Å². The SMILES string of the molecule is COc1cccc(CNn2c(-c3ccccc3)n[nH]c2=S)c1OCc1ccc(Cl)cc1. The first kappa shape index (κ1) is 21.0. The molecule has 31 heavy (non-hydrogen) atoms. The Labute approximate surface area is 190 Å². The zero-order chi connectivity index (χ0) is 21.6. The van der Waals surface area contributed by atoms with E-state index in [1.165, 1.54) is 0 Å². The lowest BCUT2D eigenvalue weighted by molar-refractivity contribution is 0.281. The Morgan fingerprint density at radius 1 is 1.03 bits per heavy atom. The van der Waals surface area contributed by atoms with Gasteiger partial charge in [0.25, 0.3) is 0 Å². The summed E-state index contributed by atoms with van der Waals surface area (Å²) in [7, 11) is 1.63. The number of H-pyrrole nitrogens is 1. The fraction of sp³-hybridized carbons (Fsp3) is 0.130. The number of nitrogens with one attached hydrogen (secondary N) is 2. The number of benzene rings is 3. The van der Waals surface area contributed by atoms with E-state index in [1.54, 1.807) is 11.8 Å². The molecule has 8 heteroatoms.